The quantitative estimate of drug-likeness (QED) is 0.846. The van der Waals surface area contributed by atoms with Gasteiger partial charge in [0.25, 0.3) is 6.43 Å². The number of rotatable bonds is 7. The predicted octanol–water partition coefficient (Wildman–Crippen LogP) is 3.46. The summed E-state index contributed by atoms with van der Waals surface area (Å²) in [5, 5.41) is 9.61. The molecule has 2 aromatic rings. The van der Waals surface area contributed by atoms with Gasteiger partial charge in [-0.25, -0.2) is 18.7 Å². The highest BCUT2D eigenvalue weighted by Gasteiger charge is 2.15. The number of aliphatic hydroxyl groups is 1. The summed E-state index contributed by atoms with van der Waals surface area (Å²) in [6, 6.07) is 8.45. The van der Waals surface area contributed by atoms with E-state index in [0.717, 1.165) is 5.56 Å². The fourth-order valence-corrected chi connectivity index (χ4v) is 2.22. The molecule has 0 radical (unpaired) electrons. The molecule has 0 saturated heterocycles. The summed E-state index contributed by atoms with van der Waals surface area (Å²) in [5.74, 6) is 0.214. The topological polar surface area (TPSA) is 49.2 Å². The van der Waals surface area contributed by atoms with Crippen LogP contribution in [0.5, 0.6) is 0 Å². The van der Waals surface area contributed by atoms with Gasteiger partial charge in [0.15, 0.2) is 0 Å². The van der Waals surface area contributed by atoms with Crippen molar-refractivity contribution in [2.24, 2.45) is 0 Å². The van der Waals surface area contributed by atoms with Gasteiger partial charge in [-0.15, -0.1) is 0 Å². The average molecular weight is 328 g/mol. The number of anilines is 1. The highest BCUT2D eigenvalue weighted by molar-refractivity contribution is 6.30. The number of aliphatic hydroxyl groups excluding tert-OH is 1. The Bertz CT molecular complexity index is 613. The molecule has 7 heteroatoms. The second-order valence-corrected chi connectivity index (χ2v) is 5.15. The summed E-state index contributed by atoms with van der Waals surface area (Å²) in [6.07, 6.45) is -0.844. The Morgan fingerprint density at radius 2 is 2.09 bits per heavy atom. The fourth-order valence-electron chi connectivity index (χ4n) is 2.00. The lowest BCUT2D eigenvalue weighted by atomic mass is 10.2. The van der Waals surface area contributed by atoms with E-state index < -0.39 is 6.43 Å². The van der Waals surface area contributed by atoms with E-state index in [2.05, 4.69) is 9.97 Å². The maximum absolute atomic E-state index is 12.8. The molecule has 1 heterocycles. The van der Waals surface area contributed by atoms with Gasteiger partial charge in [-0.05, 0) is 30.2 Å². The van der Waals surface area contributed by atoms with Gasteiger partial charge in [-0.1, -0.05) is 23.7 Å². The van der Waals surface area contributed by atoms with E-state index >= 15 is 0 Å². The second-order valence-electron chi connectivity index (χ2n) is 4.71. The lowest BCUT2D eigenvalue weighted by Crippen LogP contribution is -2.27. The van der Waals surface area contributed by atoms with Crippen molar-refractivity contribution in [3.05, 3.63) is 52.8 Å². The Labute approximate surface area is 132 Å². The van der Waals surface area contributed by atoms with Crippen LogP contribution in [-0.2, 0) is 6.54 Å². The Hall–Kier alpha value is -1.79. The number of nitrogens with zero attached hydrogens (tertiary/aromatic N) is 3. The maximum atomic E-state index is 12.8. The molecule has 1 aromatic carbocycles. The van der Waals surface area contributed by atoms with Crippen LogP contribution >= 0.6 is 11.6 Å². The first-order valence-electron chi connectivity index (χ1n) is 6.81. The van der Waals surface area contributed by atoms with Crippen molar-refractivity contribution in [2.45, 2.75) is 19.4 Å². The van der Waals surface area contributed by atoms with Gasteiger partial charge in [-0.2, -0.15) is 0 Å². The molecule has 2 rings (SSSR count). The molecule has 118 valence electrons. The molecule has 1 N–H and O–H groups in total. The monoisotopic (exact) mass is 327 g/mol. The van der Waals surface area contributed by atoms with Crippen LogP contribution < -0.4 is 4.90 Å². The first-order chi connectivity index (χ1) is 10.6. The van der Waals surface area contributed by atoms with E-state index in [1.165, 1.54) is 12.3 Å². The number of hydrogen-bond donors (Lipinski definition) is 1. The van der Waals surface area contributed by atoms with Gasteiger partial charge in [0.05, 0.1) is 0 Å². The standard InChI is InChI=1S/C15H16ClF2N3O/c16-12-4-1-3-11(9-12)10-21(7-2-8-22)15-19-6-5-13(20-15)14(17)18/h1,3-6,9,14,22H,2,7-8,10H2. The number of benzene rings is 1. The summed E-state index contributed by atoms with van der Waals surface area (Å²) in [4.78, 5) is 9.70. The summed E-state index contributed by atoms with van der Waals surface area (Å²) in [6.45, 7) is 0.879. The van der Waals surface area contributed by atoms with E-state index in [-0.39, 0.29) is 18.2 Å². The minimum absolute atomic E-state index is 0.000579. The molecule has 0 unspecified atom stereocenters. The first kappa shape index (κ1) is 16.6. The Kier molecular flexibility index (Phi) is 6.03. The Balaban J connectivity index is 2.23. The van der Waals surface area contributed by atoms with Crippen LogP contribution in [0.4, 0.5) is 14.7 Å². The molecule has 0 aliphatic carbocycles. The molecule has 0 saturated carbocycles. The van der Waals surface area contributed by atoms with Crippen LogP contribution in [0.25, 0.3) is 0 Å². The van der Waals surface area contributed by atoms with Crippen LogP contribution in [0.1, 0.15) is 24.1 Å². The van der Waals surface area contributed by atoms with Crippen LogP contribution in [-0.4, -0.2) is 28.2 Å². The number of alkyl halides is 2. The van der Waals surface area contributed by atoms with Gasteiger partial charge < -0.3 is 10.0 Å². The third kappa shape index (κ3) is 4.61. The lowest BCUT2D eigenvalue weighted by molar-refractivity contribution is 0.146. The summed E-state index contributed by atoms with van der Waals surface area (Å²) < 4.78 is 25.6. The summed E-state index contributed by atoms with van der Waals surface area (Å²) in [7, 11) is 0. The van der Waals surface area contributed by atoms with Gasteiger partial charge in [-0.3, -0.25) is 0 Å². The minimum atomic E-state index is -2.65. The van der Waals surface area contributed by atoms with Crippen molar-refractivity contribution in [1.82, 2.24) is 9.97 Å². The SMILES string of the molecule is OCCCN(Cc1cccc(Cl)c1)c1nccc(C(F)F)n1. The van der Waals surface area contributed by atoms with Crippen molar-refractivity contribution < 1.29 is 13.9 Å². The van der Waals surface area contributed by atoms with Crippen LogP contribution in [0, 0.1) is 0 Å². The molecule has 0 aliphatic rings. The molecular weight excluding hydrogens is 312 g/mol. The Morgan fingerprint density at radius 1 is 1.27 bits per heavy atom. The largest absolute Gasteiger partial charge is 0.396 e. The van der Waals surface area contributed by atoms with Gasteiger partial charge >= 0.3 is 0 Å². The minimum Gasteiger partial charge on any atom is -0.396 e. The first-order valence-corrected chi connectivity index (χ1v) is 7.19. The highest BCUT2D eigenvalue weighted by Crippen LogP contribution is 2.20. The van der Waals surface area contributed by atoms with E-state index in [0.29, 0.717) is 24.5 Å². The molecule has 4 nitrogen and oxygen atoms in total. The van der Waals surface area contributed by atoms with Crippen molar-refractivity contribution in [2.75, 3.05) is 18.1 Å². The van der Waals surface area contributed by atoms with Crippen LogP contribution in [0.2, 0.25) is 5.02 Å². The van der Waals surface area contributed by atoms with Gasteiger partial charge in [0.2, 0.25) is 5.95 Å². The molecule has 22 heavy (non-hydrogen) atoms. The van der Waals surface area contributed by atoms with Gasteiger partial charge in [0.1, 0.15) is 5.69 Å². The third-order valence-electron chi connectivity index (χ3n) is 3.02. The zero-order valence-corrected chi connectivity index (χ0v) is 12.5. The van der Waals surface area contributed by atoms with Crippen LogP contribution in [0.3, 0.4) is 0 Å². The van der Waals surface area contributed by atoms with Crippen molar-refractivity contribution in [3.8, 4) is 0 Å². The summed E-state index contributed by atoms with van der Waals surface area (Å²) >= 11 is 5.96. The van der Waals surface area contributed by atoms with E-state index in [9.17, 15) is 8.78 Å². The van der Waals surface area contributed by atoms with E-state index in [1.807, 2.05) is 12.1 Å². The third-order valence-corrected chi connectivity index (χ3v) is 3.25. The zero-order valence-electron chi connectivity index (χ0n) is 11.8. The normalized spacial score (nSPS) is 11.0. The molecule has 0 bridgehead atoms. The predicted molar refractivity (Wildman–Crippen MR) is 81.2 cm³/mol. The zero-order chi connectivity index (χ0) is 15.9. The maximum Gasteiger partial charge on any atom is 0.280 e. The molecule has 0 atom stereocenters. The molecule has 0 aliphatic heterocycles. The van der Waals surface area contributed by atoms with Crippen LogP contribution in [0.15, 0.2) is 36.5 Å². The molecule has 1 aromatic heterocycles. The van der Waals surface area contributed by atoms with Crippen molar-refractivity contribution >= 4 is 17.5 Å². The summed E-state index contributed by atoms with van der Waals surface area (Å²) in [5.41, 5.74) is 0.599. The fraction of sp³-hybridized carbons (Fsp3) is 0.333. The number of halogens is 3. The molecular formula is C15H16ClF2N3O. The van der Waals surface area contributed by atoms with Crippen molar-refractivity contribution in [3.63, 3.8) is 0 Å². The van der Waals surface area contributed by atoms with E-state index in [1.54, 1.807) is 17.0 Å². The average Bonchev–Trinajstić information content (AvgIpc) is 2.51. The van der Waals surface area contributed by atoms with Crippen molar-refractivity contribution in [1.29, 1.82) is 0 Å². The van der Waals surface area contributed by atoms with Gasteiger partial charge in [0, 0.05) is 30.9 Å². The highest BCUT2D eigenvalue weighted by atomic mass is 35.5. The second kappa shape index (κ2) is 8.00. The molecule has 0 amide bonds. The Morgan fingerprint density at radius 3 is 2.77 bits per heavy atom. The molecule has 0 fully saturated rings. The molecule has 0 spiro atoms. The lowest BCUT2D eigenvalue weighted by Gasteiger charge is -2.23. The van der Waals surface area contributed by atoms with E-state index in [4.69, 9.17) is 16.7 Å². The number of aromatic nitrogens is 2. The smallest absolute Gasteiger partial charge is 0.280 e. The number of hydrogen-bond acceptors (Lipinski definition) is 4.